The van der Waals surface area contributed by atoms with Crippen LogP contribution in [0.2, 0.25) is 0 Å². The Hall–Kier alpha value is -2.18. The largest absolute Gasteiger partial charge is 0.388 e. The van der Waals surface area contributed by atoms with Crippen LogP contribution in [0.4, 0.5) is 0 Å². The number of aliphatic hydroxyl groups is 1. The van der Waals surface area contributed by atoms with Crippen molar-refractivity contribution in [3.05, 3.63) is 42.1 Å². The number of benzene rings is 1. The van der Waals surface area contributed by atoms with Crippen molar-refractivity contribution in [3.63, 3.8) is 0 Å². The molecule has 1 aliphatic heterocycles. The van der Waals surface area contributed by atoms with Crippen molar-refractivity contribution < 1.29 is 9.90 Å². The number of amides is 1. The molecule has 25 heavy (non-hydrogen) atoms. The second-order valence-corrected chi connectivity index (χ2v) is 7.16. The van der Waals surface area contributed by atoms with Crippen LogP contribution < -0.4 is 0 Å². The molecule has 0 aliphatic carbocycles. The van der Waals surface area contributed by atoms with Gasteiger partial charge in [0, 0.05) is 31.4 Å². The number of H-pyrrole nitrogens is 1. The van der Waals surface area contributed by atoms with Crippen LogP contribution >= 0.6 is 0 Å². The summed E-state index contributed by atoms with van der Waals surface area (Å²) in [5.74, 6) is 0.0327. The Morgan fingerprint density at radius 2 is 2.00 bits per heavy atom. The molecule has 0 saturated carbocycles. The second kappa shape index (κ2) is 7.37. The molecule has 1 aliphatic rings. The van der Waals surface area contributed by atoms with Crippen LogP contribution in [0.3, 0.4) is 0 Å². The number of likely N-dealkylation sites (tertiary alicyclic amines) is 1. The van der Waals surface area contributed by atoms with Gasteiger partial charge in [0.2, 0.25) is 0 Å². The SMILES string of the molecule is CN(C)C[C@]1(O)CCCN(C(=O)c2ccc(-c3ccn[nH]3)cc2)CC1. The van der Waals surface area contributed by atoms with Crippen LogP contribution in [-0.4, -0.2) is 70.3 Å². The number of carbonyl (C=O) groups excluding carboxylic acids is 1. The molecule has 0 bridgehead atoms. The zero-order valence-electron chi connectivity index (χ0n) is 14.9. The van der Waals surface area contributed by atoms with E-state index < -0.39 is 5.60 Å². The molecule has 1 saturated heterocycles. The fraction of sp³-hybridized carbons (Fsp3) is 0.474. The molecule has 1 amide bonds. The Morgan fingerprint density at radius 3 is 2.64 bits per heavy atom. The molecule has 0 spiro atoms. The van der Waals surface area contributed by atoms with Gasteiger partial charge in [-0.3, -0.25) is 9.89 Å². The highest BCUT2D eigenvalue weighted by Crippen LogP contribution is 2.24. The number of aromatic nitrogens is 2. The fourth-order valence-electron chi connectivity index (χ4n) is 3.52. The zero-order chi connectivity index (χ0) is 17.9. The summed E-state index contributed by atoms with van der Waals surface area (Å²) in [6.45, 7) is 1.91. The Kier molecular flexibility index (Phi) is 5.20. The highest BCUT2D eigenvalue weighted by Gasteiger charge is 2.32. The van der Waals surface area contributed by atoms with E-state index in [1.165, 1.54) is 0 Å². The lowest BCUT2D eigenvalue weighted by atomic mass is 9.94. The highest BCUT2D eigenvalue weighted by molar-refractivity contribution is 5.94. The van der Waals surface area contributed by atoms with Gasteiger partial charge in [0.25, 0.3) is 5.91 Å². The van der Waals surface area contributed by atoms with E-state index in [0.717, 1.165) is 24.1 Å². The van der Waals surface area contributed by atoms with Crippen molar-refractivity contribution in [1.82, 2.24) is 20.0 Å². The van der Waals surface area contributed by atoms with Gasteiger partial charge in [-0.1, -0.05) is 12.1 Å². The van der Waals surface area contributed by atoms with Crippen LogP contribution in [0.15, 0.2) is 36.5 Å². The summed E-state index contributed by atoms with van der Waals surface area (Å²) < 4.78 is 0. The van der Waals surface area contributed by atoms with Gasteiger partial charge in [0.1, 0.15) is 0 Å². The van der Waals surface area contributed by atoms with Crippen LogP contribution in [-0.2, 0) is 0 Å². The van der Waals surface area contributed by atoms with Gasteiger partial charge in [0.05, 0.1) is 11.3 Å². The molecule has 0 unspecified atom stereocenters. The molecule has 1 atom stereocenters. The number of likely N-dealkylation sites (N-methyl/N-ethyl adjacent to an activating group) is 1. The molecule has 6 nitrogen and oxygen atoms in total. The molecular weight excluding hydrogens is 316 g/mol. The van der Waals surface area contributed by atoms with Crippen LogP contribution in [0.5, 0.6) is 0 Å². The van der Waals surface area contributed by atoms with E-state index in [2.05, 4.69) is 10.2 Å². The molecule has 2 N–H and O–H groups in total. The van der Waals surface area contributed by atoms with Crippen LogP contribution in [0, 0.1) is 0 Å². The number of nitrogens with zero attached hydrogens (tertiary/aromatic N) is 3. The molecule has 1 aromatic carbocycles. The van der Waals surface area contributed by atoms with E-state index in [9.17, 15) is 9.90 Å². The van der Waals surface area contributed by atoms with Gasteiger partial charge in [-0.15, -0.1) is 0 Å². The Labute approximate surface area is 148 Å². The van der Waals surface area contributed by atoms with Crippen LogP contribution in [0.1, 0.15) is 29.6 Å². The highest BCUT2D eigenvalue weighted by atomic mass is 16.3. The first kappa shape index (κ1) is 17.6. The third-order valence-corrected chi connectivity index (χ3v) is 4.76. The minimum Gasteiger partial charge on any atom is -0.388 e. The van der Waals surface area contributed by atoms with Crippen LogP contribution in [0.25, 0.3) is 11.3 Å². The first-order chi connectivity index (χ1) is 12.0. The predicted octanol–water partition coefficient (Wildman–Crippen LogP) is 2.00. The van der Waals surface area contributed by atoms with E-state index in [1.807, 2.05) is 54.2 Å². The minimum atomic E-state index is -0.705. The third-order valence-electron chi connectivity index (χ3n) is 4.76. The quantitative estimate of drug-likeness (QED) is 0.891. The molecule has 2 aromatic rings. The maximum absolute atomic E-state index is 12.8. The van der Waals surface area contributed by atoms with E-state index in [-0.39, 0.29) is 5.91 Å². The van der Waals surface area contributed by atoms with E-state index >= 15 is 0 Å². The van der Waals surface area contributed by atoms with Crippen molar-refractivity contribution in [2.45, 2.75) is 24.9 Å². The summed E-state index contributed by atoms with van der Waals surface area (Å²) in [5.41, 5.74) is 1.91. The van der Waals surface area contributed by atoms with Gasteiger partial charge in [0.15, 0.2) is 0 Å². The van der Waals surface area contributed by atoms with Gasteiger partial charge in [-0.2, -0.15) is 5.10 Å². The lowest BCUT2D eigenvalue weighted by Gasteiger charge is -2.30. The first-order valence-corrected chi connectivity index (χ1v) is 8.73. The number of hydrogen-bond acceptors (Lipinski definition) is 4. The molecule has 6 heteroatoms. The number of nitrogens with one attached hydrogen (secondary N) is 1. The maximum atomic E-state index is 12.8. The van der Waals surface area contributed by atoms with Gasteiger partial charge >= 0.3 is 0 Å². The molecule has 1 aromatic heterocycles. The molecular formula is C19H26N4O2. The number of aromatic amines is 1. The smallest absolute Gasteiger partial charge is 0.253 e. The molecule has 0 radical (unpaired) electrons. The topological polar surface area (TPSA) is 72.5 Å². The standard InChI is InChI=1S/C19H26N4O2/c1-22(2)14-19(25)9-3-12-23(13-10-19)18(24)16-6-4-15(5-7-16)17-8-11-20-21-17/h4-8,11,25H,3,9-10,12-14H2,1-2H3,(H,20,21)/t19-/m0/s1. The lowest BCUT2D eigenvalue weighted by Crippen LogP contribution is -2.41. The number of carbonyl (C=O) groups is 1. The Bertz CT molecular complexity index is 697. The minimum absolute atomic E-state index is 0.0327. The fourth-order valence-corrected chi connectivity index (χ4v) is 3.52. The number of rotatable bonds is 4. The lowest BCUT2D eigenvalue weighted by molar-refractivity contribution is 0.00305. The third kappa shape index (κ3) is 4.27. The normalized spacial score (nSPS) is 21.4. The average Bonchev–Trinajstić information content (AvgIpc) is 3.05. The maximum Gasteiger partial charge on any atom is 0.253 e. The molecule has 134 valence electrons. The summed E-state index contributed by atoms with van der Waals surface area (Å²) in [6, 6.07) is 9.48. The summed E-state index contributed by atoms with van der Waals surface area (Å²) in [5, 5.41) is 17.6. The molecule has 2 heterocycles. The average molecular weight is 342 g/mol. The predicted molar refractivity (Wildman–Crippen MR) is 97.3 cm³/mol. The van der Waals surface area contributed by atoms with Gasteiger partial charge in [-0.05, 0) is 57.1 Å². The van der Waals surface area contributed by atoms with Crippen molar-refractivity contribution in [3.8, 4) is 11.3 Å². The second-order valence-electron chi connectivity index (χ2n) is 7.16. The van der Waals surface area contributed by atoms with Gasteiger partial charge in [-0.25, -0.2) is 0 Å². The summed E-state index contributed by atoms with van der Waals surface area (Å²) in [6.07, 6.45) is 3.87. The summed E-state index contributed by atoms with van der Waals surface area (Å²) >= 11 is 0. The zero-order valence-corrected chi connectivity index (χ0v) is 14.9. The molecule has 3 rings (SSSR count). The van der Waals surface area contributed by atoms with E-state index in [1.54, 1.807) is 6.20 Å². The summed E-state index contributed by atoms with van der Waals surface area (Å²) in [4.78, 5) is 16.7. The first-order valence-electron chi connectivity index (χ1n) is 8.73. The summed E-state index contributed by atoms with van der Waals surface area (Å²) in [7, 11) is 3.93. The van der Waals surface area contributed by atoms with E-state index in [4.69, 9.17) is 0 Å². The Balaban J connectivity index is 1.67. The number of hydrogen-bond donors (Lipinski definition) is 2. The Morgan fingerprint density at radius 1 is 1.24 bits per heavy atom. The van der Waals surface area contributed by atoms with Crippen molar-refractivity contribution >= 4 is 5.91 Å². The van der Waals surface area contributed by atoms with Crippen molar-refractivity contribution in [2.24, 2.45) is 0 Å². The molecule has 1 fully saturated rings. The van der Waals surface area contributed by atoms with Gasteiger partial charge < -0.3 is 14.9 Å². The van der Waals surface area contributed by atoms with Crippen molar-refractivity contribution in [1.29, 1.82) is 0 Å². The monoisotopic (exact) mass is 342 g/mol. The van der Waals surface area contributed by atoms with Crippen molar-refractivity contribution in [2.75, 3.05) is 33.7 Å². The van der Waals surface area contributed by atoms with E-state index in [0.29, 0.717) is 31.6 Å².